The average molecular weight is 935 g/mol. The number of alkyl carbamates (subject to hydrolysis) is 2. The van der Waals surface area contributed by atoms with Crippen LogP contribution in [0.15, 0.2) is 12.7 Å². The summed E-state index contributed by atoms with van der Waals surface area (Å²) in [6.45, 7) is 11.1. The molecule has 4 aromatic heterocycles. The number of nitrogen functional groups attached to an aromatic ring is 2. The van der Waals surface area contributed by atoms with Gasteiger partial charge in [0.25, 0.3) is 0 Å². The van der Waals surface area contributed by atoms with Gasteiger partial charge >= 0.3 is 12.2 Å². The van der Waals surface area contributed by atoms with Gasteiger partial charge in [-0.25, -0.2) is 34.2 Å². The normalized spacial score (nSPS) is 20.7. The SMILES string of the molecule is CC(C)(C)OC(=O)NC1CCC(O)CC1.CC(C)(C)OC(=O)NC1CCC(n2nc(I)c3c(N)ncnc32)CC1.Nc1ncnc2n[nH]c(I)c12. The number of H-pyrrole nitrogens is 1. The van der Waals surface area contributed by atoms with Crippen molar-refractivity contribution in [2.45, 2.75) is 128 Å². The predicted octanol–water partition coefficient (Wildman–Crippen LogP) is 5.38. The number of ether oxygens (including phenoxy) is 2. The van der Waals surface area contributed by atoms with Crippen molar-refractivity contribution in [2.75, 3.05) is 11.5 Å². The van der Waals surface area contributed by atoms with Crippen LogP contribution in [0.25, 0.3) is 22.1 Å². The van der Waals surface area contributed by atoms with E-state index in [1.807, 2.05) is 46.2 Å². The molecule has 0 aromatic carbocycles. The Morgan fingerprint density at radius 1 is 0.804 bits per heavy atom. The first-order valence-corrected chi connectivity index (χ1v) is 19.0. The maximum absolute atomic E-state index is 11.9. The van der Waals surface area contributed by atoms with Gasteiger partial charge in [-0.1, -0.05) is 0 Å². The highest BCUT2D eigenvalue weighted by Crippen LogP contribution is 2.33. The summed E-state index contributed by atoms with van der Waals surface area (Å²) in [5, 5.41) is 28.0. The van der Waals surface area contributed by atoms with E-state index in [0.29, 0.717) is 17.3 Å². The van der Waals surface area contributed by atoms with E-state index in [1.54, 1.807) is 0 Å². The van der Waals surface area contributed by atoms with Crippen LogP contribution >= 0.6 is 45.2 Å². The number of aliphatic hydroxyl groups excluding tert-OH is 1. The molecule has 2 amide bonds. The number of hydrogen-bond acceptors (Lipinski definition) is 13. The van der Waals surface area contributed by atoms with E-state index in [9.17, 15) is 14.7 Å². The van der Waals surface area contributed by atoms with Gasteiger partial charge in [-0.3, -0.25) is 5.10 Å². The van der Waals surface area contributed by atoms with Crippen molar-refractivity contribution in [3.05, 3.63) is 20.1 Å². The van der Waals surface area contributed by atoms with Gasteiger partial charge in [-0.15, -0.1) is 0 Å². The number of nitrogens with zero attached hydrogens (tertiary/aromatic N) is 7. The molecule has 4 aromatic rings. The number of anilines is 2. The van der Waals surface area contributed by atoms with Gasteiger partial charge < -0.3 is 36.7 Å². The molecule has 4 heterocycles. The molecule has 51 heavy (non-hydrogen) atoms. The Morgan fingerprint density at radius 2 is 1.29 bits per heavy atom. The Labute approximate surface area is 323 Å². The number of hydrogen-bond donors (Lipinski definition) is 6. The van der Waals surface area contributed by atoms with Crippen LogP contribution in [0.5, 0.6) is 0 Å². The van der Waals surface area contributed by atoms with Gasteiger partial charge in [0.15, 0.2) is 11.3 Å². The third-order valence-corrected chi connectivity index (χ3v) is 9.53. The minimum atomic E-state index is -0.481. The molecule has 0 unspecified atom stereocenters. The maximum Gasteiger partial charge on any atom is 0.407 e. The van der Waals surface area contributed by atoms with Crippen LogP contribution in [0.4, 0.5) is 21.2 Å². The molecular weight excluding hydrogens is 886 g/mol. The molecule has 0 bridgehead atoms. The molecule has 0 saturated heterocycles. The lowest BCUT2D eigenvalue weighted by Gasteiger charge is -2.30. The van der Waals surface area contributed by atoms with Gasteiger partial charge in [0.2, 0.25) is 0 Å². The Morgan fingerprint density at radius 3 is 1.80 bits per heavy atom. The third-order valence-electron chi connectivity index (χ3n) is 7.99. The molecule has 280 valence electrons. The van der Waals surface area contributed by atoms with Crippen LogP contribution in [0, 0.1) is 7.40 Å². The van der Waals surface area contributed by atoms with E-state index in [-0.39, 0.29) is 36.4 Å². The zero-order chi connectivity index (χ0) is 37.5. The first-order chi connectivity index (χ1) is 23.9. The molecule has 2 aliphatic rings. The fourth-order valence-electron chi connectivity index (χ4n) is 5.68. The van der Waals surface area contributed by atoms with Gasteiger partial charge in [-0.2, -0.15) is 10.2 Å². The van der Waals surface area contributed by atoms with E-state index in [4.69, 9.17) is 20.9 Å². The lowest BCUT2D eigenvalue weighted by Crippen LogP contribution is -2.41. The number of nitrogens with two attached hydrogens (primary N) is 2. The number of nitrogens with one attached hydrogen (secondary N) is 3. The molecule has 2 saturated carbocycles. The van der Waals surface area contributed by atoms with Crippen LogP contribution in [-0.2, 0) is 9.47 Å². The number of carbonyl (C=O) groups is 2. The third kappa shape index (κ3) is 12.1. The zero-order valence-corrected chi connectivity index (χ0v) is 34.1. The quantitative estimate of drug-likeness (QED) is 0.142. The molecule has 19 heteroatoms. The van der Waals surface area contributed by atoms with Crippen LogP contribution in [0.1, 0.15) is 99.0 Å². The second kappa shape index (κ2) is 17.5. The first-order valence-electron chi connectivity index (χ1n) is 16.8. The van der Waals surface area contributed by atoms with Crippen molar-refractivity contribution in [3.8, 4) is 0 Å². The number of aromatic amines is 1. The van der Waals surface area contributed by atoms with Crippen LogP contribution < -0.4 is 22.1 Å². The van der Waals surface area contributed by atoms with Crippen molar-refractivity contribution in [1.29, 1.82) is 0 Å². The summed E-state index contributed by atoms with van der Waals surface area (Å²) >= 11 is 4.27. The highest BCUT2D eigenvalue weighted by atomic mass is 127. The minimum Gasteiger partial charge on any atom is -0.444 e. The monoisotopic (exact) mass is 934 g/mol. The molecule has 0 atom stereocenters. The topological polar surface area (TPSA) is 247 Å². The number of aliphatic hydroxyl groups is 1. The summed E-state index contributed by atoms with van der Waals surface area (Å²) in [5.41, 5.74) is 12.0. The fraction of sp³-hybridized carbons (Fsp3) is 0.625. The molecule has 0 aliphatic heterocycles. The summed E-state index contributed by atoms with van der Waals surface area (Å²) in [6.07, 6.45) is 8.75. The Kier molecular flexibility index (Phi) is 13.8. The molecule has 8 N–H and O–H groups in total. The smallest absolute Gasteiger partial charge is 0.407 e. The summed E-state index contributed by atoms with van der Waals surface area (Å²) in [5.74, 6) is 0.925. The molecule has 0 radical (unpaired) electrons. The van der Waals surface area contributed by atoms with E-state index in [0.717, 1.165) is 75.2 Å². The molecule has 2 fully saturated rings. The van der Waals surface area contributed by atoms with Crippen LogP contribution in [0.2, 0.25) is 0 Å². The highest BCUT2D eigenvalue weighted by Gasteiger charge is 2.28. The first kappa shape index (κ1) is 40.4. The lowest BCUT2D eigenvalue weighted by atomic mass is 9.91. The molecule has 0 spiro atoms. The number of amides is 2. The average Bonchev–Trinajstić information content (AvgIpc) is 3.58. The number of carbonyl (C=O) groups excluding carboxylic acids is 2. The molecule has 6 rings (SSSR count). The number of halogens is 2. The van der Waals surface area contributed by atoms with Gasteiger partial charge in [-0.05, 0) is 138 Å². The summed E-state index contributed by atoms with van der Waals surface area (Å²) in [4.78, 5) is 39.5. The predicted molar refractivity (Wildman–Crippen MR) is 210 cm³/mol. The number of rotatable bonds is 3. The number of fused-ring (bicyclic) bond motifs is 2. The van der Waals surface area contributed by atoms with Crippen molar-refractivity contribution in [3.63, 3.8) is 0 Å². The van der Waals surface area contributed by atoms with Crippen LogP contribution in [0.3, 0.4) is 0 Å². The van der Waals surface area contributed by atoms with E-state index in [2.05, 4.69) is 91.0 Å². The standard InChI is InChI=1S/C16H23IN6O2.C11H21NO3.C5H4IN5/c1-16(2,3)25-15(24)21-9-4-6-10(7-5-9)23-14-11(12(17)22-23)13(18)19-8-20-14;1-11(2,3)15-10(14)12-8-4-6-9(13)7-5-8;6-3-2-4(7)8-1-9-5(2)11-10-3/h8-10H,4-7H2,1-3H3,(H,21,24)(H2,18,19,20);8-9,13H,4-7H2,1-3H3,(H,12,14);1H,(H3,7,8,9,10,11). The lowest BCUT2D eigenvalue weighted by molar-refractivity contribution is 0.0457. The maximum atomic E-state index is 11.9. The van der Waals surface area contributed by atoms with Gasteiger partial charge in [0, 0.05) is 12.1 Å². The Balaban J connectivity index is 0.000000190. The van der Waals surface area contributed by atoms with Crippen molar-refractivity contribution in [1.82, 2.24) is 50.5 Å². The minimum absolute atomic E-state index is 0.131. The second-order valence-corrected chi connectivity index (χ2v) is 16.6. The van der Waals surface area contributed by atoms with Crippen LogP contribution in [-0.4, -0.2) is 86.6 Å². The highest BCUT2D eigenvalue weighted by molar-refractivity contribution is 14.1. The number of aromatic nitrogens is 8. The molecule has 2 aliphatic carbocycles. The van der Waals surface area contributed by atoms with Gasteiger partial charge in [0.1, 0.15) is 42.9 Å². The van der Waals surface area contributed by atoms with Crippen molar-refractivity contribution in [2.24, 2.45) is 0 Å². The second-order valence-electron chi connectivity index (χ2n) is 14.5. The molecule has 17 nitrogen and oxygen atoms in total. The van der Waals surface area contributed by atoms with E-state index < -0.39 is 11.2 Å². The fourth-order valence-corrected chi connectivity index (χ4v) is 7.07. The van der Waals surface area contributed by atoms with Crippen molar-refractivity contribution >= 4 is 91.1 Å². The van der Waals surface area contributed by atoms with Gasteiger partial charge in [0.05, 0.1) is 22.9 Å². The summed E-state index contributed by atoms with van der Waals surface area (Å²) in [6, 6.07) is 0.534. The van der Waals surface area contributed by atoms with Crippen molar-refractivity contribution < 1.29 is 24.2 Å². The largest absolute Gasteiger partial charge is 0.444 e. The summed E-state index contributed by atoms with van der Waals surface area (Å²) < 4.78 is 14.1. The Hall–Kier alpha value is -3.34. The van der Waals surface area contributed by atoms with E-state index >= 15 is 0 Å². The zero-order valence-electron chi connectivity index (χ0n) is 29.7. The summed E-state index contributed by atoms with van der Waals surface area (Å²) in [7, 11) is 0. The van der Waals surface area contributed by atoms with E-state index in [1.165, 1.54) is 12.7 Å². The molecular formula is C32H48I2N12O5. The Bertz CT molecular complexity index is 1770.